The maximum Gasteiger partial charge on any atom is 0.309 e. The lowest BCUT2D eigenvalue weighted by molar-refractivity contribution is -0.142. The van der Waals surface area contributed by atoms with E-state index in [9.17, 15) is 4.79 Å². The molecule has 0 N–H and O–H groups in total. The monoisotopic (exact) mass is 219 g/mol. The van der Waals surface area contributed by atoms with Gasteiger partial charge in [0.1, 0.15) is 0 Å². The molecule has 3 heteroatoms. The molecule has 0 atom stereocenters. The fourth-order valence-corrected chi connectivity index (χ4v) is 1.31. The van der Waals surface area contributed by atoms with E-state index in [1.165, 1.54) is 0 Å². The molecular formula is C13H17NO2. The molecule has 0 bridgehead atoms. The van der Waals surface area contributed by atoms with Crippen molar-refractivity contribution < 1.29 is 9.53 Å². The van der Waals surface area contributed by atoms with Crippen molar-refractivity contribution in [2.45, 2.75) is 26.7 Å². The maximum atomic E-state index is 11.2. The van der Waals surface area contributed by atoms with Gasteiger partial charge in [0.25, 0.3) is 0 Å². The van der Waals surface area contributed by atoms with E-state index in [4.69, 9.17) is 4.74 Å². The average molecular weight is 219 g/mol. The number of carbonyl (C=O) groups is 1. The molecule has 0 unspecified atom stereocenters. The van der Waals surface area contributed by atoms with Crippen LogP contribution in [-0.4, -0.2) is 17.6 Å². The molecule has 1 heterocycles. The van der Waals surface area contributed by atoms with Crippen molar-refractivity contribution in [3.8, 4) is 0 Å². The molecule has 0 aliphatic carbocycles. The van der Waals surface area contributed by atoms with Gasteiger partial charge in [-0.25, -0.2) is 0 Å². The van der Waals surface area contributed by atoms with Gasteiger partial charge in [0.15, 0.2) is 0 Å². The van der Waals surface area contributed by atoms with Crippen LogP contribution >= 0.6 is 0 Å². The number of nitrogens with zero attached hydrogens (tertiary/aromatic N) is 1. The third-order valence-electron chi connectivity index (χ3n) is 2.11. The van der Waals surface area contributed by atoms with Gasteiger partial charge < -0.3 is 4.74 Å². The molecule has 16 heavy (non-hydrogen) atoms. The Morgan fingerprint density at radius 1 is 1.50 bits per heavy atom. The van der Waals surface area contributed by atoms with Crippen LogP contribution in [0.3, 0.4) is 0 Å². The minimum Gasteiger partial charge on any atom is -0.466 e. The van der Waals surface area contributed by atoms with Gasteiger partial charge in [-0.1, -0.05) is 17.7 Å². The van der Waals surface area contributed by atoms with Crippen molar-refractivity contribution in [1.29, 1.82) is 0 Å². The van der Waals surface area contributed by atoms with E-state index >= 15 is 0 Å². The van der Waals surface area contributed by atoms with Gasteiger partial charge in [-0.15, -0.1) is 0 Å². The van der Waals surface area contributed by atoms with E-state index in [1.807, 2.05) is 38.1 Å². The van der Waals surface area contributed by atoms with Crippen molar-refractivity contribution in [3.05, 3.63) is 41.7 Å². The van der Waals surface area contributed by atoms with Gasteiger partial charge in [0.05, 0.1) is 13.0 Å². The van der Waals surface area contributed by atoms with Crippen LogP contribution in [0.15, 0.2) is 36.0 Å². The fraction of sp³-hybridized carbons (Fsp3) is 0.385. The summed E-state index contributed by atoms with van der Waals surface area (Å²) >= 11 is 0. The lowest BCUT2D eigenvalue weighted by Crippen LogP contribution is -2.04. The van der Waals surface area contributed by atoms with Crippen LogP contribution < -0.4 is 0 Å². The van der Waals surface area contributed by atoms with Gasteiger partial charge in [-0.2, -0.15) is 0 Å². The van der Waals surface area contributed by atoms with Crippen LogP contribution in [0.4, 0.5) is 0 Å². The Hall–Kier alpha value is -1.64. The van der Waals surface area contributed by atoms with Crippen LogP contribution in [0.1, 0.15) is 26.0 Å². The van der Waals surface area contributed by atoms with Crippen molar-refractivity contribution in [2.75, 3.05) is 6.61 Å². The fourth-order valence-electron chi connectivity index (χ4n) is 1.31. The Morgan fingerprint density at radius 3 is 2.94 bits per heavy atom. The molecule has 0 amide bonds. The lowest BCUT2D eigenvalue weighted by atomic mass is 10.1. The minimum absolute atomic E-state index is 0.169. The zero-order valence-corrected chi connectivity index (χ0v) is 9.77. The van der Waals surface area contributed by atoms with Gasteiger partial charge in [0.2, 0.25) is 0 Å². The lowest BCUT2D eigenvalue weighted by Gasteiger charge is -2.02. The zero-order chi connectivity index (χ0) is 11.8. The quantitative estimate of drug-likeness (QED) is 0.564. The first-order chi connectivity index (χ1) is 7.72. The van der Waals surface area contributed by atoms with Crippen LogP contribution in [-0.2, 0) is 16.0 Å². The van der Waals surface area contributed by atoms with Crippen molar-refractivity contribution in [3.63, 3.8) is 0 Å². The molecular weight excluding hydrogens is 202 g/mol. The SMILES string of the molecule is CCOC(=O)C/C(C)=C\Cc1ccccn1. The Bertz CT molecular complexity index is 357. The van der Waals surface area contributed by atoms with Gasteiger partial charge in [-0.3, -0.25) is 9.78 Å². The van der Waals surface area contributed by atoms with Crippen LogP contribution in [0.5, 0.6) is 0 Å². The number of aromatic nitrogens is 1. The Kier molecular flexibility index (Phi) is 5.26. The largest absolute Gasteiger partial charge is 0.466 e. The highest BCUT2D eigenvalue weighted by Gasteiger charge is 2.02. The van der Waals surface area contributed by atoms with E-state index in [1.54, 1.807) is 6.20 Å². The number of carbonyl (C=O) groups excluding carboxylic acids is 1. The zero-order valence-electron chi connectivity index (χ0n) is 9.77. The molecule has 1 aromatic heterocycles. The molecule has 0 saturated carbocycles. The molecule has 0 fully saturated rings. The van der Waals surface area contributed by atoms with E-state index in [2.05, 4.69) is 4.98 Å². The van der Waals surface area contributed by atoms with E-state index in [0.717, 1.165) is 17.7 Å². The summed E-state index contributed by atoms with van der Waals surface area (Å²) < 4.78 is 4.87. The minimum atomic E-state index is -0.169. The number of allylic oxidation sites excluding steroid dienone is 1. The predicted octanol–water partition coefficient (Wildman–Crippen LogP) is 2.52. The summed E-state index contributed by atoms with van der Waals surface area (Å²) in [4.78, 5) is 15.4. The normalized spacial score (nSPS) is 11.2. The third-order valence-corrected chi connectivity index (χ3v) is 2.11. The number of hydrogen-bond acceptors (Lipinski definition) is 3. The molecule has 0 radical (unpaired) electrons. The highest BCUT2D eigenvalue weighted by molar-refractivity contribution is 5.72. The molecule has 0 spiro atoms. The summed E-state index contributed by atoms with van der Waals surface area (Å²) in [5.74, 6) is -0.169. The number of ether oxygens (including phenoxy) is 1. The van der Waals surface area contributed by atoms with Crippen molar-refractivity contribution in [1.82, 2.24) is 4.98 Å². The number of pyridine rings is 1. The van der Waals surface area contributed by atoms with Crippen molar-refractivity contribution in [2.24, 2.45) is 0 Å². The summed E-state index contributed by atoms with van der Waals surface area (Å²) in [7, 11) is 0. The number of hydrogen-bond donors (Lipinski definition) is 0. The Labute approximate surface area is 96.2 Å². The smallest absolute Gasteiger partial charge is 0.309 e. The molecule has 3 nitrogen and oxygen atoms in total. The molecule has 0 aliphatic heterocycles. The van der Waals surface area contributed by atoms with Gasteiger partial charge >= 0.3 is 5.97 Å². The Morgan fingerprint density at radius 2 is 2.31 bits per heavy atom. The van der Waals surface area contributed by atoms with Crippen LogP contribution in [0.25, 0.3) is 0 Å². The molecule has 86 valence electrons. The van der Waals surface area contributed by atoms with Gasteiger partial charge in [-0.05, 0) is 26.0 Å². The Balaban J connectivity index is 2.42. The topological polar surface area (TPSA) is 39.2 Å². The summed E-state index contributed by atoms with van der Waals surface area (Å²) in [6.45, 7) is 4.18. The summed E-state index contributed by atoms with van der Waals surface area (Å²) in [6.07, 6.45) is 4.90. The average Bonchev–Trinajstić information content (AvgIpc) is 2.28. The predicted molar refractivity (Wildman–Crippen MR) is 62.9 cm³/mol. The maximum absolute atomic E-state index is 11.2. The van der Waals surface area contributed by atoms with Crippen LogP contribution in [0.2, 0.25) is 0 Å². The second kappa shape index (κ2) is 6.77. The molecule has 1 rings (SSSR count). The van der Waals surface area contributed by atoms with E-state index in [-0.39, 0.29) is 5.97 Å². The first-order valence-electron chi connectivity index (χ1n) is 5.43. The first-order valence-corrected chi connectivity index (χ1v) is 5.43. The van der Waals surface area contributed by atoms with Crippen LogP contribution in [0, 0.1) is 0 Å². The van der Waals surface area contributed by atoms with Gasteiger partial charge in [0, 0.05) is 18.3 Å². The molecule has 0 saturated heterocycles. The van der Waals surface area contributed by atoms with Crippen molar-refractivity contribution >= 4 is 5.97 Å². The summed E-state index contributed by atoms with van der Waals surface area (Å²) in [6, 6.07) is 5.81. The number of esters is 1. The third kappa shape index (κ3) is 4.73. The molecule has 1 aromatic rings. The number of rotatable bonds is 5. The highest BCUT2D eigenvalue weighted by Crippen LogP contribution is 2.04. The molecule has 0 aromatic carbocycles. The van der Waals surface area contributed by atoms with E-state index < -0.39 is 0 Å². The summed E-state index contributed by atoms with van der Waals surface area (Å²) in [5.41, 5.74) is 2.02. The summed E-state index contributed by atoms with van der Waals surface area (Å²) in [5, 5.41) is 0. The van der Waals surface area contributed by atoms with E-state index in [0.29, 0.717) is 13.0 Å². The standard InChI is InChI=1S/C13H17NO2/c1-3-16-13(15)10-11(2)7-8-12-6-4-5-9-14-12/h4-7,9H,3,8,10H2,1-2H3/b11-7-. The first kappa shape index (κ1) is 12.4. The second-order valence-electron chi connectivity index (χ2n) is 3.56. The highest BCUT2D eigenvalue weighted by atomic mass is 16.5. The second-order valence-corrected chi connectivity index (χ2v) is 3.56. The molecule has 0 aliphatic rings.